The Kier molecular flexibility index (Phi) is 6.27. The monoisotopic (exact) mass is 594 g/mol. The number of rotatable bonds is 5. The van der Waals surface area contributed by atoms with Crippen LogP contribution in [0, 0.1) is 20.8 Å². The van der Waals surface area contributed by atoms with Crippen LogP contribution in [0.5, 0.6) is 0 Å². The molecule has 218 valence electrons. The van der Waals surface area contributed by atoms with Crippen LogP contribution >= 0.6 is 0 Å². The number of hydrogen-bond donors (Lipinski definition) is 0. The third kappa shape index (κ3) is 3.42. The molecule has 0 fully saturated rings. The molecule has 2 bridgehead atoms. The van der Waals surface area contributed by atoms with Crippen molar-refractivity contribution < 1.29 is 0 Å². The van der Waals surface area contributed by atoms with Gasteiger partial charge in [-0.3, -0.25) is 0 Å². The Labute approximate surface area is 268 Å². The van der Waals surface area contributed by atoms with Gasteiger partial charge in [-0.05, 0) is 65.3 Å². The molecule has 0 aromatic heterocycles. The number of aryl methyl sites for hydroxylation is 3. The van der Waals surface area contributed by atoms with Gasteiger partial charge in [-0.1, -0.05) is 186 Å². The lowest BCUT2D eigenvalue weighted by molar-refractivity contribution is 0.915. The van der Waals surface area contributed by atoms with E-state index in [0.29, 0.717) is 0 Å². The summed E-state index contributed by atoms with van der Waals surface area (Å²) in [6, 6.07) is 60.0. The minimum absolute atomic E-state index is 0.349. The Balaban J connectivity index is 1.72. The van der Waals surface area contributed by atoms with E-state index >= 15 is 0 Å². The van der Waals surface area contributed by atoms with E-state index in [1.165, 1.54) is 61.2 Å². The molecule has 2 aliphatic rings. The van der Waals surface area contributed by atoms with Gasteiger partial charge in [-0.25, -0.2) is 0 Å². The summed E-state index contributed by atoms with van der Waals surface area (Å²) >= 11 is 0. The molecule has 2 aliphatic heterocycles. The molecule has 0 saturated carbocycles. The van der Waals surface area contributed by atoms with Gasteiger partial charge >= 0.3 is 0 Å². The Morgan fingerprint density at radius 3 is 1.13 bits per heavy atom. The number of fused-ring (bicyclic) bond motifs is 5. The van der Waals surface area contributed by atoms with Crippen molar-refractivity contribution in [2.75, 3.05) is 0 Å². The van der Waals surface area contributed by atoms with Gasteiger partial charge < -0.3 is 0 Å². The molecule has 6 aromatic rings. The maximum atomic E-state index is 2.73. The zero-order chi connectivity index (χ0) is 30.8. The van der Waals surface area contributed by atoms with E-state index in [1.54, 1.807) is 5.19 Å². The van der Waals surface area contributed by atoms with E-state index in [4.69, 9.17) is 0 Å². The van der Waals surface area contributed by atoms with Crippen molar-refractivity contribution in [3.63, 3.8) is 0 Å². The molecule has 0 amide bonds. The molecule has 2 heterocycles. The molecule has 1 heteroatoms. The van der Waals surface area contributed by atoms with Gasteiger partial charge in [0.15, 0.2) is 0 Å². The van der Waals surface area contributed by atoms with E-state index in [0.717, 1.165) is 0 Å². The van der Waals surface area contributed by atoms with Crippen LogP contribution in [0.25, 0.3) is 11.1 Å². The highest BCUT2D eigenvalue weighted by Crippen LogP contribution is 2.75. The fourth-order valence-corrected chi connectivity index (χ4v) is 17.5. The van der Waals surface area contributed by atoms with Gasteiger partial charge in [0.1, 0.15) is 8.07 Å². The van der Waals surface area contributed by atoms with Gasteiger partial charge in [0, 0.05) is 10.1 Å². The maximum Gasteiger partial charge on any atom is 0.126 e. The second kappa shape index (κ2) is 10.2. The van der Waals surface area contributed by atoms with Crippen molar-refractivity contribution in [1.82, 2.24) is 0 Å². The first kappa shape index (κ1) is 27.8. The largest absolute Gasteiger partial charge is 0.126 e. The quantitative estimate of drug-likeness (QED) is 0.174. The first-order valence-corrected chi connectivity index (χ1v) is 18.6. The molecule has 45 heavy (non-hydrogen) atoms. The highest BCUT2D eigenvalue weighted by molar-refractivity contribution is 7.02. The van der Waals surface area contributed by atoms with Crippen LogP contribution in [0.2, 0.25) is 6.55 Å². The van der Waals surface area contributed by atoms with Crippen molar-refractivity contribution in [3.8, 4) is 0 Å². The highest BCUT2D eigenvalue weighted by Gasteiger charge is 2.78. The molecule has 6 aromatic carbocycles. The van der Waals surface area contributed by atoms with Gasteiger partial charge in [0.25, 0.3) is 0 Å². The fraction of sp³-hybridized carbons (Fsp3) is 0.136. The van der Waals surface area contributed by atoms with Crippen LogP contribution in [-0.4, -0.2) is 8.07 Å². The molecule has 8 rings (SSSR count). The van der Waals surface area contributed by atoms with Gasteiger partial charge in [-0.2, -0.15) is 0 Å². The van der Waals surface area contributed by atoms with Crippen LogP contribution in [-0.2, 0) is 10.1 Å². The van der Waals surface area contributed by atoms with Crippen LogP contribution < -0.4 is 5.19 Å². The average molecular weight is 595 g/mol. The van der Waals surface area contributed by atoms with Gasteiger partial charge in [-0.15, -0.1) is 0 Å². The zero-order valence-corrected chi connectivity index (χ0v) is 27.5. The molecular weight excluding hydrogens is 557 g/mol. The minimum Gasteiger partial charge on any atom is -0.0627 e. The summed E-state index contributed by atoms with van der Waals surface area (Å²) < 4.78 is 0. The zero-order valence-electron chi connectivity index (χ0n) is 26.5. The van der Waals surface area contributed by atoms with Crippen molar-refractivity contribution in [3.05, 3.63) is 208 Å². The normalized spacial score (nSPS) is 23.3. The van der Waals surface area contributed by atoms with Crippen LogP contribution in [0.3, 0.4) is 0 Å². The molecule has 3 atom stereocenters. The minimum atomic E-state index is -2.82. The second-order valence-corrected chi connectivity index (χ2v) is 17.4. The average Bonchev–Trinajstić information content (AvgIpc) is 3.41. The molecular formula is C44H38Si. The van der Waals surface area contributed by atoms with E-state index in [-0.39, 0.29) is 10.1 Å². The van der Waals surface area contributed by atoms with Crippen LogP contribution in [0.15, 0.2) is 158 Å². The molecule has 1 unspecified atom stereocenters. The van der Waals surface area contributed by atoms with Crippen LogP contribution in [0.4, 0.5) is 0 Å². The lowest BCUT2D eigenvalue weighted by atomic mass is 9.65. The number of hydrogen-bond acceptors (Lipinski definition) is 0. The maximum absolute atomic E-state index is 2.82. The van der Waals surface area contributed by atoms with Crippen LogP contribution in [0.1, 0.15) is 50.1 Å². The topological polar surface area (TPSA) is 0 Å². The Bertz CT molecular complexity index is 1930. The smallest absolute Gasteiger partial charge is 0.0627 e. The molecule has 0 spiro atoms. The standard InChI is InChI=1S/C44H38Si/c1-31-29-32(2)42(33(3)30-31)45(4)43(36-23-13-7-14-24-36)38-27-17-18-28-39(38)44(45,37-25-15-8-16-26-37)41(35-21-11-6-12-22-35)40(43)34-19-9-5-10-20-34/h5-30H,1-4H3/t43-,44+,45?. The summed E-state index contributed by atoms with van der Waals surface area (Å²) in [7, 11) is -2.82. The van der Waals surface area contributed by atoms with Crippen molar-refractivity contribution in [2.45, 2.75) is 37.4 Å². The predicted molar refractivity (Wildman–Crippen MR) is 192 cm³/mol. The summed E-state index contributed by atoms with van der Waals surface area (Å²) in [6.45, 7) is 9.72. The van der Waals surface area contributed by atoms with Crippen molar-refractivity contribution >= 4 is 24.4 Å². The first-order chi connectivity index (χ1) is 22.0. The van der Waals surface area contributed by atoms with E-state index in [1.807, 2.05) is 0 Å². The van der Waals surface area contributed by atoms with E-state index < -0.39 is 8.07 Å². The predicted octanol–water partition coefficient (Wildman–Crippen LogP) is 9.89. The summed E-state index contributed by atoms with van der Waals surface area (Å²) in [5, 5.41) is 0.882. The van der Waals surface area contributed by atoms with Gasteiger partial charge in [0.2, 0.25) is 0 Å². The Morgan fingerprint density at radius 1 is 0.422 bits per heavy atom. The number of allylic oxidation sites excluding steroid dienone is 2. The third-order valence-electron chi connectivity index (χ3n) is 11.0. The van der Waals surface area contributed by atoms with E-state index in [9.17, 15) is 0 Å². The van der Waals surface area contributed by atoms with Gasteiger partial charge in [0.05, 0.1) is 0 Å². The number of benzene rings is 6. The molecule has 0 N–H and O–H groups in total. The molecule has 0 nitrogen and oxygen atoms in total. The summed E-state index contributed by atoms with van der Waals surface area (Å²) in [5.74, 6) is 0. The Morgan fingerprint density at radius 2 is 0.756 bits per heavy atom. The molecule has 0 aliphatic carbocycles. The van der Waals surface area contributed by atoms with Crippen molar-refractivity contribution in [1.29, 1.82) is 0 Å². The SMILES string of the molecule is Cc1cc(C)c([Si]2(C)[C@]3(c4ccccc4)C(c4ccccc4)=C(c4ccccc4)[C@@]2(c2ccccc2)c2ccccc23)c(C)c1. The van der Waals surface area contributed by atoms with Crippen molar-refractivity contribution in [2.24, 2.45) is 0 Å². The van der Waals surface area contributed by atoms with E-state index in [2.05, 4.69) is 185 Å². The second-order valence-electron chi connectivity index (χ2n) is 13.2. The highest BCUT2D eigenvalue weighted by atomic mass is 28.3. The summed E-state index contributed by atoms with van der Waals surface area (Å²) in [4.78, 5) is 0. The molecule has 0 radical (unpaired) electrons. The molecule has 0 saturated heterocycles. The lowest BCUT2D eigenvalue weighted by Gasteiger charge is -2.48. The first-order valence-electron chi connectivity index (χ1n) is 16.1. The summed E-state index contributed by atoms with van der Waals surface area (Å²) in [5.41, 5.74) is 15.4. The summed E-state index contributed by atoms with van der Waals surface area (Å²) in [6.07, 6.45) is 0. The fourth-order valence-electron chi connectivity index (χ4n) is 9.93. The lowest BCUT2D eigenvalue weighted by Crippen LogP contribution is -2.68. The third-order valence-corrected chi connectivity index (χ3v) is 17.4. The Hall–Kier alpha value is -4.72.